The van der Waals surface area contributed by atoms with Crippen molar-refractivity contribution in [3.8, 4) is 22.3 Å². The number of fused-ring (bicyclic) bond motifs is 13. The van der Waals surface area contributed by atoms with Crippen molar-refractivity contribution in [2.75, 3.05) is 0 Å². The quantitative estimate of drug-likeness (QED) is 0.165. The van der Waals surface area contributed by atoms with E-state index in [0.29, 0.717) is 0 Å². The van der Waals surface area contributed by atoms with Gasteiger partial charge in [0.25, 0.3) is 0 Å². The molecule has 11 aromatic rings. The van der Waals surface area contributed by atoms with Crippen molar-refractivity contribution >= 4 is 106 Å². The summed E-state index contributed by atoms with van der Waals surface area (Å²) in [6.45, 7) is 0. The molecule has 2 heterocycles. The molecule has 0 aliphatic heterocycles. The van der Waals surface area contributed by atoms with Gasteiger partial charge in [0.1, 0.15) is 0 Å². The van der Waals surface area contributed by atoms with Gasteiger partial charge in [0, 0.05) is 51.1 Å². The summed E-state index contributed by atoms with van der Waals surface area (Å²) in [6.07, 6.45) is 0. The van der Waals surface area contributed by atoms with Crippen LogP contribution in [0.1, 0.15) is 0 Å². The minimum atomic E-state index is 1.27. The van der Waals surface area contributed by atoms with Gasteiger partial charge in [0.05, 0.1) is 0 Å². The Morgan fingerprint density at radius 3 is 1.46 bits per heavy atom. The van der Waals surface area contributed by atoms with Gasteiger partial charge < -0.3 is 0 Å². The first-order valence-corrected chi connectivity index (χ1v) is 18.1. The van der Waals surface area contributed by atoms with E-state index in [9.17, 15) is 0 Å². The van der Waals surface area contributed by atoms with Crippen molar-refractivity contribution in [2.24, 2.45) is 0 Å². The lowest BCUT2D eigenvalue weighted by atomic mass is 9.84. The fourth-order valence-electron chi connectivity index (χ4n) is 8.23. The Hall–Kier alpha value is -5.54. The summed E-state index contributed by atoms with van der Waals surface area (Å²) in [5, 5.41) is 15.9. The van der Waals surface area contributed by atoms with Gasteiger partial charge in [-0.05, 0) is 66.7 Å². The summed E-state index contributed by atoms with van der Waals surface area (Å²) in [6, 6.07) is 58.6. The van der Waals surface area contributed by atoms with E-state index in [1.807, 2.05) is 22.7 Å². The minimum absolute atomic E-state index is 1.27. The maximum Gasteiger partial charge on any atom is 0.0441 e. The Balaban J connectivity index is 1.25. The molecule has 0 aliphatic carbocycles. The van der Waals surface area contributed by atoms with Crippen molar-refractivity contribution in [3.63, 3.8) is 0 Å². The van der Waals surface area contributed by atoms with Crippen LogP contribution in [0.4, 0.5) is 0 Å². The summed E-state index contributed by atoms with van der Waals surface area (Å²) in [7, 11) is 0. The van der Waals surface area contributed by atoms with E-state index >= 15 is 0 Å². The number of thiophene rings is 2. The molecule has 0 nitrogen and oxygen atoms in total. The normalized spacial score (nSPS) is 12.2. The van der Waals surface area contributed by atoms with Gasteiger partial charge in [-0.2, -0.15) is 0 Å². The molecule has 9 aromatic carbocycles. The number of hydrogen-bond donors (Lipinski definition) is 0. The number of hydrogen-bond acceptors (Lipinski definition) is 2. The third kappa shape index (κ3) is 3.59. The molecule has 0 atom stereocenters. The molecule has 11 rings (SSSR count). The molecule has 0 saturated carbocycles. The Morgan fingerprint density at radius 2 is 0.792 bits per heavy atom. The second kappa shape index (κ2) is 9.98. The van der Waals surface area contributed by atoms with E-state index in [0.717, 1.165) is 0 Å². The van der Waals surface area contributed by atoms with Crippen molar-refractivity contribution in [2.45, 2.75) is 0 Å². The number of rotatable bonds is 2. The molecule has 0 aliphatic rings. The van der Waals surface area contributed by atoms with E-state index in [-0.39, 0.29) is 0 Å². The monoisotopic (exact) mass is 642 g/mol. The zero-order valence-electron chi connectivity index (χ0n) is 25.8. The first-order chi connectivity index (χ1) is 23.8. The summed E-state index contributed by atoms with van der Waals surface area (Å²) >= 11 is 3.87. The third-order valence-electron chi connectivity index (χ3n) is 10.2. The molecule has 222 valence electrons. The molecule has 0 unspecified atom stereocenters. The van der Waals surface area contributed by atoms with Crippen molar-refractivity contribution in [1.82, 2.24) is 0 Å². The highest BCUT2D eigenvalue weighted by molar-refractivity contribution is 7.29. The maximum atomic E-state index is 2.46. The topological polar surface area (TPSA) is 0 Å². The summed E-state index contributed by atoms with van der Waals surface area (Å²) in [4.78, 5) is 0. The Bertz CT molecular complexity index is 3060. The first kappa shape index (κ1) is 26.5. The van der Waals surface area contributed by atoms with Crippen molar-refractivity contribution in [3.05, 3.63) is 158 Å². The van der Waals surface area contributed by atoms with Crippen molar-refractivity contribution in [1.29, 1.82) is 0 Å². The van der Waals surface area contributed by atoms with Crippen LogP contribution in [0.25, 0.3) is 106 Å². The average Bonchev–Trinajstić information content (AvgIpc) is 3.72. The van der Waals surface area contributed by atoms with Gasteiger partial charge in [0.2, 0.25) is 0 Å². The average molecular weight is 643 g/mol. The lowest BCUT2D eigenvalue weighted by Crippen LogP contribution is -1.91. The smallest absolute Gasteiger partial charge is 0.0441 e. The molecule has 0 amide bonds. The third-order valence-corrected chi connectivity index (χ3v) is 12.6. The molecule has 0 saturated heterocycles. The lowest BCUT2D eigenvalue weighted by Gasteiger charge is -2.18. The molecule has 0 bridgehead atoms. The molecule has 2 aromatic heterocycles. The van der Waals surface area contributed by atoms with Crippen LogP contribution < -0.4 is 0 Å². The van der Waals surface area contributed by atoms with Crippen LogP contribution in [0.3, 0.4) is 0 Å². The summed E-state index contributed by atoms with van der Waals surface area (Å²) < 4.78 is 5.46. The molecular formula is C46H26S2. The number of benzene rings is 9. The first-order valence-electron chi connectivity index (χ1n) is 16.4. The predicted molar refractivity (Wildman–Crippen MR) is 213 cm³/mol. The summed E-state index contributed by atoms with van der Waals surface area (Å²) in [5.41, 5.74) is 5.16. The zero-order chi connectivity index (χ0) is 31.3. The van der Waals surface area contributed by atoms with Crippen LogP contribution in [0.5, 0.6) is 0 Å². The van der Waals surface area contributed by atoms with Crippen LogP contribution in [0.15, 0.2) is 158 Å². The second-order valence-corrected chi connectivity index (χ2v) is 14.8. The van der Waals surface area contributed by atoms with Crippen LogP contribution in [-0.4, -0.2) is 0 Å². The summed E-state index contributed by atoms with van der Waals surface area (Å²) in [5.74, 6) is 0. The molecule has 0 fully saturated rings. The van der Waals surface area contributed by atoms with E-state index < -0.39 is 0 Å². The standard InChI is InChI=1S/C46H26S2/c1-2-14-29-27(12-1)13-11-22-30(29)42-33-17-5-3-15-31(33)41(32-16-4-6-18-34(32)42)28-24-25-38-40(26-28)48-46-36-20-8-7-19-35(36)45-43(44(38)46)37-21-9-10-23-39(37)47-45/h1-26H. The SMILES string of the molecule is c1ccc2c(-c3c4ccccc4c(-c4ccc5c(c4)sc4c6ccccc6c6sc7ccccc7c6c54)c4ccccc34)cccc2c1. The van der Waals surface area contributed by atoms with E-state index in [4.69, 9.17) is 0 Å². The fourth-order valence-corrected chi connectivity index (χ4v) is 10.8. The molecule has 2 heteroatoms. The Labute approximate surface area is 284 Å². The minimum Gasteiger partial charge on any atom is -0.135 e. The van der Waals surface area contributed by atoms with Gasteiger partial charge in [-0.25, -0.2) is 0 Å². The highest BCUT2D eigenvalue weighted by Gasteiger charge is 2.21. The highest BCUT2D eigenvalue weighted by atomic mass is 32.1. The van der Waals surface area contributed by atoms with Crippen LogP contribution in [0.2, 0.25) is 0 Å². The molecular weight excluding hydrogens is 617 g/mol. The van der Waals surface area contributed by atoms with Gasteiger partial charge in [-0.3, -0.25) is 0 Å². The molecule has 0 spiro atoms. The zero-order valence-corrected chi connectivity index (χ0v) is 27.5. The molecule has 48 heavy (non-hydrogen) atoms. The Kier molecular flexibility index (Phi) is 5.51. The van der Waals surface area contributed by atoms with Gasteiger partial charge in [0.15, 0.2) is 0 Å². The predicted octanol–water partition coefficient (Wildman–Crippen LogP) is 14.4. The maximum absolute atomic E-state index is 2.46. The van der Waals surface area contributed by atoms with E-state index in [1.54, 1.807) is 0 Å². The van der Waals surface area contributed by atoms with Crippen LogP contribution >= 0.6 is 22.7 Å². The van der Waals surface area contributed by atoms with Gasteiger partial charge in [-0.1, -0.05) is 146 Å². The van der Waals surface area contributed by atoms with Gasteiger partial charge in [-0.15, -0.1) is 22.7 Å². The van der Waals surface area contributed by atoms with Crippen LogP contribution in [0, 0.1) is 0 Å². The van der Waals surface area contributed by atoms with Gasteiger partial charge >= 0.3 is 0 Å². The van der Waals surface area contributed by atoms with Crippen LogP contribution in [-0.2, 0) is 0 Å². The highest BCUT2D eigenvalue weighted by Crippen LogP contribution is 2.51. The Morgan fingerprint density at radius 1 is 0.312 bits per heavy atom. The molecule has 0 radical (unpaired) electrons. The van der Waals surface area contributed by atoms with E-state index in [2.05, 4.69) is 158 Å². The van der Waals surface area contributed by atoms with E-state index in [1.165, 1.54) is 106 Å². The molecule has 0 N–H and O–H groups in total. The second-order valence-electron chi connectivity index (χ2n) is 12.7. The lowest BCUT2D eigenvalue weighted by molar-refractivity contribution is 1.69. The largest absolute Gasteiger partial charge is 0.135 e. The fraction of sp³-hybridized carbons (Fsp3) is 0. The van der Waals surface area contributed by atoms with Crippen molar-refractivity contribution < 1.29 is 0 Å².